The summed E-state index contributed by atoms with van der Waals surface area (Å²) in [6.45, 7) is 0. The molecule has 0 radical (unpaired) electrons. The molecule has 1 aromatic heterocycles. The molecule has 5 heteroatoms. The van der Waals surface area contributed by atoms with Crippen molar-refractivity contribution in [3.63, 3.8) is 0 Å². The first-order valence-corrected chi connectivity index (χ1v) is 5.02. The summed E-state index contributed by atoms with van der Waals surface area (Å²) in [6.07, 6.45) is 1.57. The molecule has 0 amide bonds. The number of rotatable bonds is 2. The minimum atomic E-state index is -1.83. The monoisotopic (exact) mass is 196 g/mol. The molecule has 1 atom stereocenters. The van der Waals surface area contributed by atoms with Crippen molar-refractivity contribution in [1.29, 1.82) is 0 Å². The average molecular weight is 196 g/mol. The molecule has 0 aliphatic carbocycles. The minimum absolute atomic E-state index is 0.0700. The van der Waals surface area contributed by atoms with Crippen molar-refractivity contribution in [3.8, 4) is 0 Å². The number of aromatic nitrogens is 2. The highest BCUT2D eigenvalue weighted by atomic mass is 32.2. The quantitative estimate of drug-likeness (QED) is 0.734. The maximum absolute atomic E-state index is 10.6. The van der Waals surface area contributed by atoms with Crippen LogP contribution in [-0.2, 0) is 17.0 Å². The summed E-state index contributed by atoms with van der Waals surface area (Å²) in [5.74, 6) is 0.0700. The van der Waals surface area contributed by atoms with Crippen LogP contribution in [0, 0.1) is 0 Å². The van der Waals surface area contributed by atoms with Gasteiger partial charge in [0.25, 0.3) is 0 Å². The van der Waals surface area contributed by atoms with Gasteiger partial charge in [-0.1, -0.05) is 12.1 Å². The van der Waals surface area contributed by atoms with Crippen LogP contribution < -0.4 is 0 Å². The second-order valence-corrected chi connectivity index (χ2v) is 3.55. The summed E-state index contributed by atoms with van der Waals surface area (Å²) in [7, 11) is 0. The van der Waals surface area contributed by atoms with Crippen LogP contribution in [0.3, 0.4) is 0 Å². The van der Waals surface area contributed by atoms with E-state index in [2.05, 4.69) is 4.98 Å². The Balaban J connectivity index is 2.51. The molecule has 0 spiro atoms. The number of hydrogen-bond donors (Lipinski definition) is 1. The smallest absolute Gasteiger partial charge is 0.173 e. The molecule has 0 saturated carbocycles. The lowest BCUT2D eigenvalue weighted by Gasteiger charge is -1.98. The summed E-state index contributed by atoms with van der Waals surface area (Å²) in [4.78, 5) is 4.09. The Hall–Kier alpha value is -1.20. The molecule has 1 N–H and O–H groups in total. The van der Waals surface area contributed by atoms with Crippen molar-refractivity contribution in [2.45, 2.75) is 5.88 Å². The van der Waals surface area contributed by atoms with Crippen LogP contribution in [0.25, 0.3) is 11.0 Å². The van der Waals surface area contributed by atoms with Crippen molar-refractivity contribution in [1.82, 2.24) is 9.55 Å². The molecule has 1 heterocycles. The van der Waals surface area contributed by atoms with Gasteiger partial charge in [0, 0.05) is 0 Å². The number of fused-ring (bicyclic) bond motifs is 1. The Kier molecular flexibility index (Phi) is 2.12. The van der Waals surface area contributed by atoms with Gasteiger partial charge in [-0.3, -0.25) is 0 Å². The first-order valence-electron chi connectivity index (χ1n) is 3.75. The second kappa shape index (κ2) is 3.27. The van der Waals surface area contributed by atoms with Gasteiger partial charge >= 0.3 is 0 Å². The van der Waals surface area contributed by atoms with Gasteiger partial charge < -0.3 is 9.12 Å². The fourth-order valence-electron chi connectivity index (χ4n) is 1.23. The summed E-state index contributed by atoms with van der Waals surface area (Å²) < 4.78 is 20.9. The molecule has 0 saturated heterocycles. The molecule has 4 nitrogen and oxygen atoms in total. The van der Waals surface area contributed by atoms with Crippen LogP contribution >= 0.6 is 0 Å². The maximum Gasteiger partial charge on any atom is 0.173 e. The zero-order chi connectivity index (χ0) is 9.26. The number of hydrogen-bond acceptors (Lipinski definition) is 2. The van der Waals surface area contributed by atoms with Crippen molar-refractivity contribution in [2.24, 2.45) is 0 Å². The van der Waals surface area contributed by atoms with Crippen LogP contribution in [0.2, 0.25) is 0 Å². The zero-order valence-corrected chi connectivity index (χ0v) is 7.57. The number of benzene rings is 1. The molecule has 0 aliphatic rings. The predicted molar refractivity (Wildman–Crippen MR) is 50.5 cm³/mol. The summed E-state index contributed by atoms with van der Waals surface area (Å²) >= 11 is -1.83. The van der Waals surface area contributed by atoms with Gasteiger partial charge in [0.1, 0.15) is 5.88 Å². The van der Waals surface area contributed by atoms with E-state index in [1.807, 2.05) is 24.3 Å². The van der Waals surface area contributed by atoms with Gasteiger partial charge in [0.05, 0.1) is 17.4 Å². The fourth-order valence-corrected chi connectivity index (χ4v) is 1.68. The third kappa shape index (κ3) is 1.61. The van der Waals surface area contributed by atoms with E-state index in [0.29, 0.717) is 0 Å². The molecule has 2 aromatic rings. The normalized spacial score (nSPS) is 13.3. The molecule has 0 bridgehead atoms. The lowest BCUT2D eigenvalue weighted by molar-refractivity contribution is 0.553. The topological polar surface area (TPSA) is 55.1 Å². The number of imidazole rings is 1. The standard InChI is InChI=1S/C8H8N2O2S/c11-13(12)6-10-5-9-7-3-1-2-4-8(7)10/h1-5H,6H2,(H,11,12). The largest absolute Gasteiger partial charge is 0.316 e. The van der Waals surface area contributed by atoms with Crippen molar-refractivity contribution in [2.75, 3.05) is 0 Å². The highest BCUT2D eigenvalue weighted by Gasteiger charge is 2.02. The Morgan fingerprint density at radius 3 is 3.00 bits per heavy atom. The number of para-hydroxylation sites is 2. The summed E-state index contributed by atoms with van der Waals surface area (Å²) in [5.41, 5.74) is 1.72. The fraction of sp³-hybridized carbons (Fsp3) is 0.125. The number of nitrogens with zero attached hydrogens (tertiary/aromatic N) is 2. The van der Waals surface area contributed by atoms with E-state index in [4.69, 9.17) is 4.55 Å². The van der Waals surface area contributed by atoms with E-state index in [-0.39, 0.29) is 5.88 Å². The minimum Gasteiger partial charge on any atom is -0.316 e. The summed E-state index contributed by atoms with van der Waals surface area (Å²) in [5, 5.41) is 0. The molecule has 1 aromatic carbocycles. The molecule has 0 aliphatic heterocycles. The van der Waals surface area contributed by atoms with E-state index in [0.717, 1.165) is 11.0 Å². The second-order valence-electron chi connectivity index (χ2n) is 2.65. The highest BCUT2D eigenvalue weighted by molar-refractivity contribution is 7.78. The molecule has 13 heavy (non-hydrogen) atoms. The first kappa shape index (κ1) is 8.40. The van der Waals surface area contributed by atoms with E-state index in [9.17, 15) is 4.21 Å². The van der Waals surface area contributed by atoms with Gasteiger partial charge in [-0.05, 0) is 12.1 Å². The Labute approximate surface area is 77.5 Å². The zero-order valence-electron chi connectivity index (χ0n) is 6.75. The van der Waals surface area contributed by atoms with Gasteiger partial charge in [-0.15, -0.1) is 0 Å². The Morgan fingerprint density at radius 2 is 2.23 bits per heavy atom. The molecule has 0 fully saturated rings. The summed E-state index contributed by atoms with van der Waals surface area (Å²) in [6, 6.07) is 7.50. The Morgan fingerprint density at radius 1 is 1.46 bits per heavy atom. The van der Waals surface area contributed by atoms with Gasteiger partial charge in [-0.2, -0.15) is 0 Å². The predicted octanol–water partition coefficient (Wildman–Crippen LogP) is 1.22. The van der Waals surface area contributed by atoms with E-state index in [1.54, 1.807) is 10.9 Å². The molecular weight excluding hydrogens is 188 g/mol. The van der Waals surface area contributed by atoms with Crippen LogP contribution in [0.15, 0.2) is 30.6 Å². The van der Waals surface area contributed by atoms with E-state index in [1.165, 1.54) is 0 Å². The van der Waals surface area contributed by atoms with E-state index < -0.39 is 11.1 Å². The van der Waals surface area contributed by atoms with Crippen LogP contribution in [0.4, 0.5) is 0 Å². The lowest BCUT2D eigenvalue weighted by atomic mass is 10.3. The molecule has 2 rings (SSSR count). The molecule has 1 unspecified atom stereocenters. The Bertz CT molecular complexity index is 452. The van der Waals surface area contributed by atoms with Crippen molar-refractivity contribution >= 4 is 22.1 Å². The van der Waals surface area contributed by atoms with Gasteiger partial charge in [0.15, 0.2) is 11.1 Å². The average Bonchev–Trinajstić information content (AvgIpc) is 2.48. The van der Waals surface area contributed by atoms with Crippen LogP contribution in [-0.4, -0.2) is 18.3 Å². The third-order valence-electron chi connectivity index (χ3n) is 1.78. The van der Waals surface area contributed by atoms with E-state index >= 15 is 0 Å². The lowest BCUT2D eigenvalue weighted by Crippen LogP contribution is -2.01. The molecule has 68 valence electrons. The third-order valence-corrected chi connectivity index (χ3v) is 2.28. The van der Waals surface area contributed by atoms with Crippen molar-refractivity contribution < 1.29 is 8.76 Å². The first-order chi connectivity index (χ1) is 6.27. The maximum atomic E-state index is 10.6. The van der Waals surface area contributed by atoms with Crippen molar-refractivity contribution in [3.05, 3.63) is 30.6 Å². The van der Waals surface area contributed by atoms with Gasteiger partial charge in [0.2, 0.25) is 0 Å². The highest BCUT2D eigenvalue weighted by Crippen LogP contribution is 2.11. The van der Waals surface area contributed by atoms with Gasteiger partial charge in [-0.25, -0.2) is 9.19 Å². The van der Waals surface area contributed by atoms with Crippen LogP contribution in [0.1, 0.15) is 0 Å². The van der Waals surface area contributed by atoms with Crippen LogP contribution in [0.5, 0.6) is 0 Å². The molecular formula is C8H8N2O2S. The SMILES string of the molecule is O=S(O)Cn1cnc2ccccc21.